The van der Waals surface area contributed by atoms with E-state index in [-0.39, 0.29) is 11.8 Å². The van der Waals surface area contributed by atoms with Crippen LogP contribution in [0.25, 0.3) is 0 Å². The van der Waals surface area contributed by atoms with Crippen LogP contribution in [-0.4, -0.2) is 58.3 Å². The highest BCUT2D eigenvalue weighted by Gasteiger charge is 2.30. The summed E-state index contributed by atoms with van der Waals surface area (Å²) < 4.78 is 38.7. The van der Waals surface area contributed by atoms with Crippen LogP contribution in [0.15, 0.2) is 16.7 Å². The predicted molar refractivity (Wildman–Crippen MR) is 104 cm³/mol. The SMILES string of the molecule is CC(C)Oc1c(F)cc(NC(=O)N2CCN(Cc3noc(C4CC4)n3)CC2)cc1F. The fourth-order valence-electron chi connectivity index (χ4n) is 3.32. The summed E-state index contributed by atoms with van der Waals surface area (Å²) in [7, 11) is 0. The maximum Gasteiger partial charge on any atom is 0.321 e. The largest absolute Gasteiger partial charge is 0.485 e. The Balaban J connectivity index is 1.28. The number of urea groups is 1. The fourth-order valence-corrected chi connectivity index (χ4v) is 3.32. The molecule has 2 aromatic rings. The van der Waals surface area contributed by atoms with E-state index in [1.165, 1.54) is 0 Å². The van der Waals surface area contributed by atoms with Crippen LogP contribution in [0.5, 0.6) is 5.75 Å². The van der Waals surface area contributed by atoms with Crippen molar-refractivity contribution < 1.29 is 22.8 Å². The summed E-state index contributed by atoms with van der Waals surface area (Å²) in [6, 6.07) is 1.72. The molecule has 1 saturated heterocycles. The zero-order chi connectivity index (χ0) is 21.3. The van der Waals surface area contributed by atoms with Gasteiger partial charge < -0.3 is 19.5 Å². The van der Waals surface area contributed by atoms with Gasteiger partial charge in [-0.25, -0.2) is 13.6 Å². The quantitative estimate of drug-likeness (QED) is 0.770. The lowest BCUT2D eigenvalue weighted by atomic mass is 10.2. The van der Waals surface area contributed by atoms with Gasteiger partial charge in [-0.2, -0.15) is 4.98 Å². The van der Waals surface area contributed by atoms with Crippen LogP contribution in [-0.2, 0) is 6.54 Å². The Kier molecular flexibility index (Phi) is 5.85. The second-order valence-corrected chi connectivity index (χ2v) is 7.95. The van der Waals surface area contributed by atoms with E-state index in [0.717, 1.165) is 25.0 Å². The molecule has 1 aliphatic carbocycles. The van der Waals surface area contributed by atoms with Gasteiger partial charge in [-0.3, -0.25) is 4.90 Å². The number of ether oxygens (including phenoxy) is 1. The summed E-state index contributed by atoms with van der Waals surface area (Å²) in [5.74, 6) is -0.351. The van der Waals surface area contributed by atoms with E-state index < -0.39 is 23.4 Å². The summed E-state index contributed by atoms with van der Waals surface area (Å²) in [5.41, 5.74) is 0.0490. The minimum Gasteiger partial charge on any atom is -0.485 e. The van der Waals surface area contributed by atoms with E-state index in [1.807, 2.05) is 0 Å². The summed E-state index contributed by atoms with van der Waals surface area (Å²) >= 11 is 0. The first-order valence-corrected chi connectivity index (χ1v) is 10.2. The highest BCUT2D eigenvalue weighted by atomic mass is 19.1. The van der Waals surface area contributed by atoms with Gasteiger partial charge in [-0.1, -0.05) is 5.16 Å². The summed E-state index contributed by atoms with van der Waals surface area (Å²) in [6.45, 7) is 6.18. The third-order valence-corrected chi connectivity index (χ3v) is 5.04. The lowest BCUT2D eigenvalue weighted by Gasteiger charge is -2.34. The van der Waals surface area contributed by atoms with Gasteiger partial charge in [0.25, 0.3) is 0 Å². The molecule has 0 radical (unpaired) electrons. The zero-order valence-corrected chi connectivity index (χ0v) is 17.0. The van der Waals surface area contributed by atoms with Crippen LogP contribution in [0.2, 0.25) is 0 Å². The molecular weight excluding hydrogens is 396 g/mol. The average Bonchev–Trinajstić information content (AvgIpc) is 3.44. The van der Waals surface area contributed by atoms with E-state index in [0.29, 0.717) is 50.4 Å². The number of aromatic nitrogens is 2. The lowest BCUT2D eigenvalue weighted by molar-refractivity contribution is 0.140. The molecule has 1 N–H and O–H groups in total. The molecule has 0 unspecified atom stereocenters. The molecule has 2 fully saturated rings. The normalized spacial score (nSPS) is 17.4. The molecule has 2 amide bonds. The molecule has 0 bridgehead atoms. The van der Waals surface area contributed by atoms with Crippen molar-refractivity contribution in [3.63, 3.8) is 0 Å². The summed E-state index contributed by atoms with van der Waals surface area (Å²) in [5, 5.41) is 6.58. The van der Waals surface area contributed by atoms with Crippen LogP contribution >= 0.6 is 0 Å². The second kappa shape index (κ2) is 8.55. The molecule has 2 heterocycles. The third-order valence-electron chi connectivity index (χ3n) is 5.04. The first kappa shape index (κ1) is 20.5. The Hall–Kier alpha value is -2.75. The van der Waals surface area contributed by atoms with Gasteiger partial charge in [0.05, 0.1) is 12.6 Å². The zero-order valence-electron chi connectivity index (χ0n) is 17.0. The molecule has 1 saturated carbocycles. The summed E-state index contributed by atoms with van der Waals surface area (Å²) in [6.07, 6.45) is 1.85. The Labute approximate surface area is 173 Å². The van der Waals surface area contributed by atoms with Crippen molar-refractivity contribution in [1.29, 1.82) is 0 Å². The number of carbonyl (C=O) groups excluding carboxylic acids is 1. The van der Waals surface area contributed by atoms with Crippen molar-refractivity contribution in [3.8, 4) is 5.75 Å². The Morgan fingerprint density at radius 2 is 1.90 bits per heavy atom. The molecular formula is C20H25F2N5O3. The molecule has 30 heavy (non-hydrogen) atoms. The molecule has 8 nitrogen and oxygen atoms in total. The topological polar surface area (TPSA) is 83.7 Å². The Morgan fingerprint density at radius 3 is 2.50 bits per heavy atom. The second-order valence-electron chi connectivity index (χ2n) is 7.95. The number of hydrogen-bond acceptors (Lipinski definition) is 6. The van der Waals surface area contributed by atoms with Gasteiger partial charge in [0, 0.05) is 49.9 Å². The maximum absolute atomic E-state index is 14.1. The van der Waals surface area contributed by atoms with Gasteiger partial charge in [0.15, 0.2) is 23.2 Å². The van der Waals surface area contributed by atoms with Crippen molar-refractivity contribution in [2.75, 3.05) is 31.5 Å². The van der Waals surface area contributed by atoms with Crippen LogP contribution in [0.3, 0.4) is 0 Å². The molecule has 2 aliphatic rings. The van der Waals surface area contributed by atoms with Crippen LogP contribution < -0.4 is 10.1 Å². The first-order valence-electron chi connectivity index (χ1n) is 10.2. The minimum atomic E-state index is -0.852. The van der Waals surface area contributed by atoms with Gasteiger partial charge >= 0.3 is 6.03 Å². The van der Waals surface area contributed by atoms with E-state index in [4.69, 9.17) is 9.26 Å². The molecule has 1 aromatic heterocycles. The highest BCUT2D eigenvalue weighted by Crippen LogP contribution is 2.38. The number of rotatable bonds is 6. The lowest BCUT2D eigenvalue weighted by Crippen LogP contribution is -2.49. The van der Waals surface area contributed by atoms with E-state index in [2.05, 4.69) is 20.4 Å². The number of benzene rings is 1. The van der Waals surface area contributed by atoms with Crippen LogP contribution in [0.4, 0.5) is 19.3 Å². The van der Waals surface area contributed by atoms with Crippen molar-refractivity contribution in [2.45, 2.75) is 45.3 Å². The fraction of sp³-hybridized carbons (Fsp3) is 0.550. The molecule has 0 atom stereocenters. The summed E-state index contributed by atoms with van der Waals surface area (Å²) in [4.78, 5) is 20.7. The standard InChI is InChI=1S/C20H25F2N5O3/c1-12(2)29-18-15(21)9-14(10-16(18)22)23-20(28)27-7-5-26(6-8-27)11-17-24-19(30-25-17)13-3-4-13/h9-10,12-13H,3-8,11H2,1-2H3,(H,23,28). The van der Waals surface area contributed by atoms with Crippen molar-refractivity contribution in [1.82, 2.24) is 19.9 Å². The van der Waals surface area contributed by atoms with Gasteiger partial charge in [-0.05, 0) is 26.7 Å². The van der Waals surface area contributed by atoms with E-state index in [9.17, 15) is 13.6 Å². The number of amides is 2. The first-order chi connectivity index (χ1) is 14.4. The van der Waals surface area contributed by atoms with Crippen LogP contribution in [0.1, 0.15) is 44.3 Å². The molecule has 162 valence electrons. The van der Waals surface area contributed by atoms with Crippen molar-refractivity contribution in [3.05, 3.63) is 35.5 Å². The predicted octanol–water partition coefficient (Wildman–Crippen LogP) is 3.36. The molecule has 1 aromatic carbocycles. The number of piperazine rings is 1. The van der Waals surface area contributed by atoms with Crippen molar-refractivity contribution >= 4 is 11.7 Å². The number of halogens is 2. The number of anilines is 1. The molecule has 0 spiro atoms. The monoisotopic (exact) mass is 421 g/mol. The number of hydrogen-bond donors (Lipinski definition) is 1. The minimum absolute atomic E-state index is 0.0490. The van der Waals surface area contributed by atoms with Gasteiger partial charge in [-0.15, -0.1) is 0 Å². The van der Waals surface area contributed by atoms with Crippen molar-refractivity contribution in [2.24, 2.45) is 0 Å². The maximum atomic E-state index is 14.1. The smallest absolute Gasteiger partial charge is 0.321 e. The van der Waals surface area contributed by atoms with Crippen LogP contribution in [0, 0.1) is 11.6 Å². The Bertz CT molecular complexity index is 885. The molecule has 4 rings (SSSR count). The molecule has 10 heteroatoms. The van der Waals surface area contributed by atoms with Gasteiger partial charge in [0.2, 0.25) is 5.89 Å². The van der Waals surface area contributed by atoms with Gasteiger partial charge in [0.1, 0.15) is 0 Å². The van der Waals surface area contributed by atoms with E-state index in [1.54, 1.807) is 18.7 Å². The average molecular weight is 421 g/mol. The number of carbonyl (C=O) groups is 1. The number of nitrogens with one attached hydrogen (secondary N) is 1. The highest BCUT2D eigenvalue weighted by molar-refractivity contribution is 5.89. The molecule has 1 aliphatic heterocycles. The van der Waals surface area contributed by atoms with E-state index >= 15 is 0 Å². The number of nitrogens with zero attached hydrogens (tertiary/aromatic N) is 4. The Morgan fingerprint density at radius 1 is 1.23 bits per heavy atom. The third kappa shape index (κ3) is 4.86.